The van der Waals surface area contributed by atoms with E-state index in [9.17, 15) is 9.18 Å². The molecule has 0 spiro atoms. The van der Waals surface area contributed by atoms with Crippen molar-refractivity contribution >= 4 is 11.6 Å². The number of benzene rings is 2. The van der Waals surface area contributed by atoms with E-state index < -0.39 is 0 Å². The number of rotatable bonds is 5. The minimum Gasteiger partial charge on any atom is -0.497 e. The molecule has 2 aromatic carbocycles. The summed E-state index contributed by atoms with van der Waals surface area (Å²) in [7, 11) is 1.64. The Bertz CT molecular complexity index is 1350. The standard InChI is InChI=1S/C25H23FN4O3/c1-14-22(15(2)30(28-14)13-16-4-7-18(26)8-5-16)27-25(31)23-21-10-6-17-12-19(32-3)9-11-20(17)24(21)33-29-23/h4-5,7-9,11-12H,6,10,13H2,1-3H3,(H,27,31). The minimum atomic E-state index is -0.329. The summed E-state index contributed by atoms with van der Waals surface area (Å²) < 4.78 is 25.9. The summed E-state index contributed by atoms with van der Waals surface area (Å²) >= 11 is 0. The molecule has 0 bridgehead atoms. The smallest absolute Gasteiger partial charge is 0.278 e. The highest BCUT2D eigenvalue weighted by atomic mass is 19.1. The monoisotopic (exact) mass is 446 g/mol. The fourth-order valence-electron chi connectivity index (χ4n) is 4.28. The molecule has 2 heterocycles. The molecule has 0 saturated heterocycles. The van der Waals surface area contributed by atoms with E-state index in [-0.39, 0.29) is 17.4 Å². The van der Waals surface area contributed by atoms with Crippen molar-refractivity contribution in [3.63, 3.8) is 0 Å². The van der Waals surface area contributed by atoms with Crippen molar-refractivity contribution in [2.45, 2.75) is 33.2 Å². The molecule has 0 unspecified atom stereocenters. The SMILES string of the molecule is COc1ccc2c(c1)CCc1c(C(=O)Nc3c(C)nn(Cc4ccc(F)cc4)c3C)noc1-2. The Kier molecular flexibility index (Phi) is 5.20. The van der Waals surface area contributed by atoms with Gasteiger partial charge in [0.1, 0.15) is 11.6 Å². The first-order valence-corrected chi connectivity index (χ1v) is 10.7. The summed E-state index contributed by atoms with van der Waals surface area (Å²) in [6, 6.07) is 12.1. The molecule has 1 N–H and O–H groups in total. The van der Waals surface area contributed by atoms with Crippen molar-refractivity contribution in [1.29, 1.82) is 0 Å². The molecule has 168 valence electrons. The van der Waals surface area contributed by atoms with Crippen LogP contribution in [0.5, 0.6) is 5.75 Å². The lowest BCUT2D eigenvalue weighted by Crippen LogP contribution is -2.17. The lowest BCUT2D eigenvalue weighted by molar-refractivity contribution is 0.101. The highest BCUT2D eigenvalue weighted by Crippen LogP contribution is 2.37. The molecule has 8 heteroatoms. The van der Waals surface area contributed by atoms with E-state index in [0.717, 1.165) is 40.1 Å². The number of ether oxygens (including phenoxy) is 1. The fraction of sp³-hybridized carbons (Fsp3) is 0.240. The molecule has 0 atom stereocenters. The molecule has 0 radical (unpaired) electrons. The summed E-state index contributed by atoms with van der Waals surface area (Å²) in [5.41, 5.74) is 6.19. The summed E-state index contributed by atoms with van der Waals surface area (Å²) in [5, 5.41) is 11.6. The number of carbonyl (C=O) groups excluding carboxylic acids is 1. The summed E-state index contributed by atoms with van der Waals surface area (Å²) in [6.45, 7) is 4.20. The lowest BCUT2D eigenvalue weighted by Gasteiger charge is -2.15. The summed E-state index contributed by atoms with van der Waals surface area (Å²) in [5.74, 6) is 0.810. The van der Waals surface area contributed by atoms with Crippen LogP contribution >= 0.6 is 0 Å². The van der Waals surface area contributed by atoms with Gasteiger partial charge in [-0.2, -0.15) is 5.10 Å². The van der Waals surface area contributed by atoms with E-state index in [1.807, 2.05) is 32.0 Å². The number of methoxy groups -OCH3 is 1. The Morgan fingerprint density at radius 2 is 1.97 bits per heavy atom. The Morgan fingerprint density at radius 1 is 1.18 bits per heavy atom. The average molecular weight is 446 g/mol. The fourth-order valence-corrected chi connectivity index (χ4v) is 4.28. The van der Waals surface area contributed by atoms with Gasteiger partial charge in [-0.15, -0.1) is 0 Å². The highest BCUT2D eigenvalue weighted by molar-refractivity contribution is 6.05. The zero-order valence-corrected chi connectivity index (χ0v) is 18.6. The van der Waals surface area contributed by atoms with Crippen LogP contribution in [0.15, 0.2) is 47.0 Å². The Morgan fingerprint density at radius 3 is 2.73 bits per heavy atom. The largest absolute Gasteiger partial charge is 0.497 e. The number of halogens is 1. The Labute approximate surface area is 190 Å². The maximum atomic E-state index is 13.2. The lowest BCUT2D eigenvalue weighted by atomic mass is 9.89. The van der Waals surface area contributed by atoms with E-state index >= 15 is 0 Å². The predicted molar refractivity (Wildman–Crippen MR) is 121 cm³/mol. The number of anilines is 1. The molecule has 0 saturated carbocycles. The third-order valence-electron chi connectivity index (χ3n) is 6.07. The van der Waals surface area contributed by atoms with E-state index in [4.69, 9.17) is 9.26 Å². The number of nitrogens with zero attached hydrogens (tertiary/aromatic N) is 3. The molecular formula is C25H23FN4O3. The van der Waals surface area contributed by atoms with Gasteiger partial charge in [0.2, 0.25) is 0 Å². The zero-order chi connectivity index (χ0) is 23.1. The number of aryl methyl sites for hydroxylation is 2. The second kappa shape index (κ2) is 8.20. The third kappa shape index (κ3) is 3.77. The van der Waals surface area contributed by atoms with Crippen LogP contribution in [0.3, 0.4) is 0 Å². The average Bonchev–Trinajstić information content (AvgIpc) is 3.37. The van der Waals surface area contributed by atoms with Gasteiger partial charge in [-0.1, -0.05) is 17.3 Å². The normalized spacial score (nSPS) is 12.2. The molecule has 1 aliphatic rings. The van der Waals surface area contributed by atoms with E-state index in [2.05, 4.69) is 15.6 Å². The number of hydrogen-bond acceptors (Lipinski definition) is 5. The van der Waals surface area contributed by atoms with Crippen molar-refractivity contribution in [3.05, 3.63) is 82.1 Å². The van der Waals surface area contributed by atoms with Crippen molar-refractivity contribution in [3.8, 4) is 17.1 Å². The molecule has 2 aromatic heterocycles. The first-order valence-electron chi connectivity index (χ1n) is 10.7. The van der Waals surface area contributed by atoms with Gasteiger partial charge in [0.15, 0.2) is 11.5 Å². The topological polar surface area (TPSA) is 82.2 Å². The Hall–Kier alpha value is -3.94. The molecule has 4 aromatic rings. The van der Waals surface area contributed by atoms with Gasteiger partial charge in [-0.05, 0) is 68.1 Å². The van der Waals surface area contributed by atoms with Gasteiger partial charge in [-0.25, -0.2) is 4.39 Å². The molecule has 0 fully saturated rings. The minimum absolute atomic E-state index is 0.280. The number of amides is 1. The maximum absolute atomic E-state index is 13.2. The van der Waals surface area contributed by atoms with Crippen LogP contribution in [-0.2, 0) is 19.4 Å². The molecule has 7 nitrogen and oxygen atoms in total. The first kappa shape index (κ1) is 20.9. The van der Waals surface area contributed by atoms with Crippen LogP contribution in [0.2, 0.25) is 0 Å². The van der Waals surface area contributed by atoms with Gasteiger partial charge in [0, 0.05) is 11.1 Å². The molecule has 1 aliphatic carbocycles. The quantitative estimate of drug-likeness (QED) is 0.481. The van der Waals surface area contributed by atoms with Crippen LogP contribution in [0.1, 0.15) is 38.6 Å². The molecular weight excluding hydrogens is 423 g/mol. The predicted octanol–water partition coefficient (Wildman–Crippen LogP) is 4.70. The molecule has 0 aliphatic heterocycles. The zero-order valence-electron chi connectivity index (χ0n) is 18.6. The molecule has 5 rings (SSSR count). The second-order valence-electron chi connectivity index (χ2n) is 8.15. The van der Waals surface area contributed by atoms with Gasteiger partial charge in [0.05, 0.1) is 30.7 Å². The van der Waals surface area contributed by atoms with Gasteiger partial charge >= 0.3 is 0 Å². The van der Waals surface area contributed by atoms with Crippen molar-refractivity contribution < 1.29 is 18.4 Å². The van der Waals surface area contributed by atoms with Crippen molar-refractivity contribution in [1.82, 2.24) is 14.9 Å². The van der Waals surface area contributed by atoms with Crippen molar-refractivity contribution in [2.75, 3.05) is 12.4 Å². The van der Waals surface area contributed by atoms with Crippen LogP contribution in [0.4, 0.5) is 10.1 Å². The van der Waals surface area contributed by atoms with Gasteiger partial charge < -0.3 is 14.6 Å². The number of nitrogens with one attached hydrogen (secondary N) is 1. The molecule has 1 amide bonds. The highest BCUT2D eigenvalue weighted by Gasteiger charge is 2.28. The summed E-state index contributed by atoms with van der Waals surface area (Å²) in [4.78, 5) is 13.1. The van der Waals surface area contributed by atoms with Gasteiger partial charge in [-0.3, -0.25) is 9.48 Å². The van der Waals surface area contributed by atoms with Crippen LogP contribution in [0.25, 0.3) is 11.3 Å². The summed E-state index contributed by atoms with van der Waals surface area (Å²) in [6.07, 6.45) is 1.43. The van der Waals surface area contributed by atoms with Crippen LogP contribution in [-0.4, -0.2) is 28.0 Å². The van der Waals surface area contributed by atoms with E-state index in [0.29, 0.717) is 30.1 Å². The first-order chi connectivity index (χ1) is 15.9. The van der Waals surface area contributed by atoms with Crippen LogP contribution < -0.4 is 10.1 Å². The van der Waals surface area contributed by atoms with E-state index in [1.165, 1.54) is 12.1 Å². The van der Waals surface area contributed by atoms with Crippen molar-refractivity contribution in [2.24, 2.45) is 0 Å². The maximum Gasteiger partial charge on any atom is 0.278 e. The third-order valence-corrected chi connectivity index (χ3v) is 6.07. The Balaban J connectivity index is 1.39. The van der Waals surface area contributed by atoms with E-state index in [1.54, 1.807) is 23.9 Å². The second-order valence-corrected chi connectivity index (χ2v) is 8.15. The number of fused-ring (bicyclic) bond motifs is 3. The number of hydrogen-bond donors (Lipinski definition) is 1. The van der Waals surface area contributed by atoms with Gasteiger partial charge in [0.25, 0.3) is 5.91 Å². The molecule has 33 heavy (non-hydrogen) atoms. The number of carbonyl (C=O) groups is 1. The van der Waals surface area contributed by atoms with Crippen LogP contribution in [0, 0.1) is 19.7 Å². The number of aromatic nitrogens is 3.